The molecule has 102 valence electrons. The lowest BCUT2D eigenvalue weighted by atomic mass is 9.85. The van der Waals surface area contributed by atoms with E-state index >= 15 is 0 Å². The van der Waals surface area contributed by atoms with Crippen molar-refractivity contribution in [2.24, 2.45) is 11.8 Å². The van der Waals surface area contributed by atoms with E-state index in [4.69, 9.17) is 0 Å². The summed E-state index contributed by atoms with van der Waals surface area (Å²) < 4.78 is 0. The first-order chi connectivity index (χ1) is 9.31. The molecule has 4 heteroatoms. The number of rotatable bonds is 3. The number of likely N-dealkylation sites (tertiary alicyclic amines) is 1. The molecule has 0 aromatic carbocycles. The van der Waals surface area contributed by atoms with E-state index < -0.39 is 0 Å². The highest BCUT2D eigenvalue weighted by Crippen LogP contribution is 2.24. The first-order valence-corrected chi connectivity index (χ1v) is 7.18. The summed E-state index contributed by atoms with van der Waals surface area (Å²) >= 11 is 0. The van der Waals surface area contributed by atoms with E-state index in [9.17, 15) is 4.79 Å². The number of hydrogen-bond acceptors (Lipinski definition) is 3. The molecule has 0 aliphatic carbocycles. The maximum Gasteiger partial charge on any atom is 0.222 e. The first-order valence-electron chi connectivity index (χ1n) is 7.18. The van der Waals surface area contributed by atoms with Crippen molar-refractivity contribution in [2.45, 2.75) is 19.3 Å². The zero-order valence-corrected chi connectivity index (χ0v) is 11.2. The van der Waals surface area contributed by atoms with Crippen LogP contribution in [0.2, 0.25) is 0 Å². The van der Waals surface area contributed by atoms with Gasteiger partial charge in [0.15, 0.2) is 0 Å². The van der Waals surface area contributed by atoms with Crippen LogP contribution in [0.3, 0.4) is 0 Å². The molecular weight excluding hydrogens is 238 g/mol. The van der Waals surface area contributed by atoms with Crippen molar-refractivity contribution in [2.75, 3.05) is 26.2 Å². The maximum absolute atomic E-state index is 12.3. The summed E-state index contributed by atoms with van der Waals surface area (Å²) in [6.07, 6.45) is 6.32. The van der Waals surface area contributed by atoms with Crippen molar-refractivity contribution >= 4 is 5.91 Å². The van der Waals surface area contributed by atoms with Gasteiger partial charge in [-0.2, -0.15) is 0 Å². The molecule has 2 saturated heterocycles. The molecule has 2 bridgehead atoms. The zero-order chi connectivity index (χ0) is 13.1. The Labute approximate surface area is 114 Å². The third-order valence-electron chi connectivity index (χ3n) is 4.19. The Morgan fingerprint density at radius 3 is 2.84 bits per heavy atom. The summed E-state index contributed by atoms with van der Waals surface area (Å²) in [4.78, 5) is 18.5. The number of piperidine rings is 2. The Balaban J connectivity index is 1.53. The minimum absolute atomic E-state index is 0.306. The molecule has 3 heterocycles. The van der Waals surface area contributed by atoms with Crippen molar-refractivity contribution in [3.05, 3.63) is 30.1 Å². The fourth-order valence-corrected chi connectivity index (χ4v) is 3.26. The monoisotopic (exact) mass is 259 g/mol. The van der Waals surface area contributed by atoms with Crippen LogP contribution in [-0.4, -0.2) is 42.0 Å². The quantitative estimate of drug-likeness (QED) is 0.883. The Hall–Kier alpha value is -1.42. The predicted molar refractivity (Wildman–Crippen MR) is 73.6 cm³/mol. The summed E-state index contributed by atoms with van der Waals surface area (Å²) in [5.41, 5.74) is 1.15. The van der Waals surface area contributed by atoms with Crippen LogP contribution in [0.4, 0.5) is 0 Å². The highest BCUT2D eigenvalue weighted by atomic mass is 16.2. The molecule has 0 radical (unpaired) electrons. The summed E-state index contributed by atoms with van der Waals surface area (Å²) in [5.74, 6) is 1.63. The second-order valence-corrected chi connectivity index (χ2v) is 5.79. The van der Waals surface area contributed by atoms with Crippen LogP contribution >= 0.6 is 0 Å². The molecule has 4 nitrogen and oxygen atoms in total. The number of carbonyl (C=O) groups excluding carboxylic acids is 1. The van der Waals surface area contributed by atoms with Gasteiger partial charge in [0, 0.05) is 31.9 Å². The van der Waals surface area contributed by atoms with Crippen molar-refractivity contribution < 1.29 is 4.79 Å². The summed E-state index contributed by atoms with van der Waals surface area (Å²) in [7, 11) is 0. The average Bonchev–Trinajstić information content (AvgIpc) is 2.45. The average molecular weight is 259 g/mol. The van der Waals surface area contributed by atoms with Crippen LogP contribution in [0.15, 0.2) is 24.5 Å². The minimum atomic E-state index is 0.306. The second-order valence-electron chi connectivity index (χ2n) is 5.79. The topological polar surface area (TPSA) is 45.2 Å². The molecule has 1 amide bonds. The van der Waals surface area contributed by atoms with Gasteiger partial charge in [0.1, 0.15) is 0 Å². The number of carbonyl (C=O) groups is 1. The normalized spacial score (nSPS) is 26.2. The molecule has 3 rings (SSSR count). The molecular formula is C15H21N3O. The molecule has 0 saturated carbocycles. The summed E-state index contributed by atoms with van der Waals surface area (Å²) in [6.45, 7) is 4.02. The van der Waals surface area contributed by atoms with E-state index in [1.165, 1.54) is 6.42 Å². The molecule has 1 aromatic heterocycles. The van der Waals surface area contributed by atoms with Gasteiger partial charge in [-0.05, 0) is 49.4 Å². The van der Waals surface area contributed by atoms with Crippen LogP contribution in [0.5, 0.6) is 0 Å². The molecule has 2 fully saturated rings. The minimum Gasteiger partial charge on any atom is -0.342 e. The number of hydrogen-bond donors (Lipinski definition) is 1. The maximum atomic E-state index is 12.3. The highest BCUT2D eigenvalue weighted by molar-refractivity contribution is 5.76. The van der Waals surface area contributed by atoms with Crippen molar-refractivity contribution in [3.63, 3.8) is 0 Å². The van der Waals surface area contributed by atoms with Gasteiger partial charge in [0.25, 0.3) is 0 Å². The standard InChI is InChI=1S/C15H21N3O/c19-15(4-3-12-2-1-5-16-7-12)18-10-13-6-14(11-18)9-17-8-13/h1-2,5,7,13-14,17H,3-4,6,8-11H2/t13-,14+. The van der Waals surface area contributed by atoms with Gasteiger partial charge in [-0.25, -0.2) is 0 Å². The Morgan fingerprint density at radius 1 is 1.37 bits per heavy atom. The summed E-state index contributed by atoms with van der Waals surface area (Å²) in [5, 5.41) is 3.46. The van der Waals surface area contributed by atoms with Gasteiger partial charge in [-0.3, -0.25) is 9.78 Å². The summed E-state index contributed by atoms with van der Waals surface area (Å²) in [6, 6.07) is 3.96. The lowest BCUT2D eigenvalue weighted by molar-refractivity contribution is -0.134. The SMILES string of the molecule is O=C(CCc1cccnc1)N1C[C@@H]2CNC[C@@H](C2)C1. The van der Waals surface area contributed by atoms with Crippen LogP contribution < -0.4 is 5.32 Å². The van der Waals surface area contributed by atoms with E-state index in [2.05, 4.69) is 15.2 Å². The molecule has 2 aliphatic rings. The number of pyridine rings is 1. The number of fused-ring (bicyclic) bond motifs is 2. The zero-order valence-electron chi connectivity index (χ0n) is 11.2. The van der Waals surface area contributed by atoms with Crippen LogP contribution in [0.25, 0.3) is 0 Å². The third kappa shape index (κ3) is 3.13. The highest BCUT2D eigenvalue weighted by Gasteiger charge is 2.32. The van der Waals surface area contributed by atoms with Crippen LogP contribution in [0, 0.1) is 11.8 Å². The molecule has 19 heavy (non-hydrogen) atoms. The Kier molecular flexibility index (Phi) is 3.78. The Bertz CT molecular complexity index is 422. The molecule has 1 N–H and O–H groups in total. The number of nitrogens with one attached hydrogen (secondary N) is 1. The van der Waals surface area contributed by atoms with Crippen molar-refractivity contribution in [1.82, 2.24) is 15.2 Å². The van der Waals surface area contributed by atoms with E-state index in [1.807, 2.05) is 18.3 Å². The number of amides is 1. The fraction of sp³-hybridized carbons (Fsp3) is 0.600. The van der Waals surface area contributed by atoms with Gasteiger partial charge in [0.2, 0.25) is 5.91 Å². The second kappa shape index (κ2) is 5.70. The Morgan fingerprint density at radius 2 is 2.16 bits per heavy atom. The van der Waals surface area contributed by atoms with Crippen molar-refractivity contribution in [3.8, 4) is 0 Å². The van der Waals surface area contributed by atoms with E-state index in [-0.39, 0.29) is 0 Å². The molecule has 0 spiro atoms. The van der Waals surface area contributed by atoms with Gasteiger partial charge < -0.3 is 10.2 Å². The van der Waals surface area contributed by atoms with Gasteiger partial charge >= 0.3 is 0 Å². The number of aromatic nitrogens is 1. The van der Waals surface area contributed by atoms with Crippen molar-refractivity contribution in [1.29, 1.82) is 0 Å². The first kappa shape index (κ1) is 12.6. The smallest absolute Gasteiger partial charge is 0.222 e. The lowest BCUT2D eigenvalue weighted by Gasteiger charge is -2.41. The molecule has 1 aromatic rings. The predicted octanol–water partition coefficient (Wildman–Crippen LogP) is 1.08. The molecule has 2 atom stereocenters. The van der Waals surface area contributed by atoms with E-state index in [0.29, 0.717) is 24.2 Å². The van der Waals surface area contributed by atoms with Crippen LogP contribution in [0.1, 0.15) is 18.4 Å². The van der Waals surface area contributed by atoms with Gasteiger partial charge in [0.05, 0.1) is 0 Å². The fourth-order valence-electron chi connectivity index (χ4n) is 3.26. The van der Waals surface area contributed by atoms with Gasteiger partial charge in [-0.1, -0.05) is 6.07 Å². The van der Waals surface area contributed by atoms with E-state index in [1.54, 1.807) is 6.20 Å². The van der Waals surface area contributed by atoms with E-state index in [0.717, 1.165) is 38.2 Å². The molecule has 2 aliphatic heterocycles. The number of nitrogens with zero attached hydrogens (tertiary/aromatic N) is 2. The lowest BCUT2D eigenvalue weighted by Crippen LogP contribution is -2.52. The third-order valence-corrected chi connectivity index (χ3v) is 4.19. The van der Waals surface area contributed by atoms with Crippen LogP contribution in [-0.2, 0) is 11.2 Å². The number of aryl methyl sites for hydroxylation is 1. The van der Waals surface area contributed by atoms with Gasteiger partial charge in [-0.15, -0.1) is 0 Å². The molecule has 0 unspecified atom stereocenters. The largest absolute Gasteiger partial charge is 0.342 e.